The monoisotopic (exact) mass is 369 g/mol. The minimum Gasteiger partial charge on any atom is -0.344 e. The van der Waals surface area contributed by atoms with Crippen LogP contribution in [0.5, 0.6) is 0 Å². The fourth-order valence-electron chi connectivity index (χ4n) is 3.38. The first-order chi connectivity index (χ1) is 13.0. The van der Waals surface area contributed by atoms with Crippen LogP contribution in [0.3, 0.4) is 0 Å². The average Bonchev–Trinajstić information content (AvgIpc) is 2.88. The number of benzene rings is 1. The maximum atomic E-state index is 12.5. The van der Waals surface area contributed by atoms with Crippen molar-refractivity contribution in [2.75, 3.05) is 5.32 Å². The van der Waals surface area contributed by atoms with E-state index in [1.165, 1.54) is 13.3 Å². The van der Waals surface area contributed by atoms with E-state index < -0.39 is 6.04 Å². The summed E-state index contributed by atoms with van der Waals surface area (Å²) in [6.45, 7) is 6.17. The van der Waals surface area contributed by atoms with Crippen LogP contribution in [0.2, 0.25) is 0 Å². The van der Waals surface area contributed by atoms with Crippen molar-refractivity contribution >= 4 is 17.5 Å². The van der Waals surface area contributed by atoms with Gasteiger partial charge in [0.2, 0.25) is 11.8 Å². The van der Waals surface area contributed by atoms with Gasteiger partial charge >= 0.3 is 0 Å². The fourth-order valence-corrected chi connectivity index (χ4v) is 3.38. The number of hydrogen-bond acceptors (Lipinski definition) is 4. The second-order valence-electron chi connectivity index (χ2n) is 7.39. The maximum Gasteiger partial charge on any atom is 0.247 e. The summed E-state index contributed by atoms with van der Waals surface area (Å²) < 4.78 is 2.20. The van der Waals surface area contributed by atoms with Crippen LogP contribution in [0.15, 0.2) is 24.3 Å². The van der Waals surface area contributed by atoms with Crippen molar-refractivity contribution in [3.05, 3.63) is 30.1 Å². The predicted octanol–water partition coefficient (Wildman–Crippen LogP) is 2.77. The lowest BCUT2D eigenvalue weighted by molar-refractivity contribution is -0.126. The van der Waals surface area contributed by atoms with E-state index in [1.54, 1.807) is 0 Å². The first-order valence-corrected chi connectivity index (χ1v) is 9.56. The van der Waals surface area contributed by atoms with Gasteiger partial charge in [0.1, 0.15) is 11.9 Å². The van der Waals surface area contributed by atoms with Crippen molar-refractivity contribution in [1.82, 2.24) is 20.1 Å². The Balaban J connectivity index is 1.73. The van der Waals surface area contributed by atoms with E-state index in [1.807, 2.05) is 38.1 Å². The number of aryl methyl sites for hydroxylation is 1. The van der Waals surface area contributed by atoms with Gasteiger partial charge in [0, 0.05) is 31.1 Å². The fraction of sp³-hybridized carbons (Fsp3) is 0.500. The van der Waals surface area contributed by atoms with E-state index >= 15 is 0 Å². The second kappa shape index (κ2) is 8.33. The number of amides is 2. The Kier molecular flexibility index (Phi) is 5.88. The topological polar surface area (TPSA) is 88.9 Å². The molecule has 1 aliphatic heterocycles. The Morgan fingerprint density at radius 2 is 1.81 bits per heavy atom. The Labute approximate surface area is 159 Å². The van der Waals surface area contributed by atoms with Crippen LogP contribution >= 0.6 is 0 Å². The quantitative estimate of drug-likeness (QED) is 0.848. The zero-order chi connectivity index (χ0) is 19.4. The third kappa shape index (κ3) is 4.53. The lowest BCUT2D eigenvalue weighted by Gasteiger charge is -2.21. The van der Waals surface area contributed by atoms with Crippen LogP contribution in [0.1, 0.15) is 45.9 Å². The van der Waals surface area contributed by atoms with E-state index in [9.17, 15) is 9.59 Å². The van der Waals surface area contributed by atoms with Crippen LogP contribution in [0, 0.1) is 5.92 Å². The summed E-state index contributed by atoms with van der Waals surface area (Å²) in [5, 5.41) is 14.3. The Morgan fingerprint density at radius 1 is 1.07 bits per heavy atom. The molecule has 1 aliphatic rings. The molecule has 0 fully saturated rings. The molecule has 2 aromatic rings. The smallest absolute Gasteiger partial charge is 0.247 e. The first kappa shape index (κ1) is 19.1. The Hall–Kier alpha value is -2.70. The minimum absolute atomic E-state index is 0.000348. The Morgan fingerprint density at radius 3 is 2.48 bits per heavy atom. The number of anilines is 1. The molecule has 0 aliphatic carbocycles. The third-order valence-electron chi connectivity index (χ3n) is 4.83. The van der Waals surface area contributed by atoms with Gasteiger partial charge in [0.15, 0.2) is 5.82 Å². The lowest BCUT2D eigenvalue weighted by Crippen LogP contribution is -2.46. The molecule has 0 bridgehead atoms. The van der Waals surface area contributed by atoms with Crippen LogP contribution < -0.4 is 10.6 Å². The minimum atomic E-state index is -0.561. The van der Waals surface area contributed by atoms with E-state index in [-0.39, 0.29) is 17.7 Å². The zero-order valence-corrected chi connectivity index (χ0v) is 16.2. The maximum absolute atomic E-state index is 12.5. The summed E-state index contributed by atoms with van der Waals surface area (Å²) in [5.41, 5.74) is 1.67. The van der Waals surface area contributed by atoms with Crippen molar-refractivity contribution in [3.8, 4) is 11.4 Å². The van der Waals surface area contributed by atoms with Gasteiger partial charge in [-0.05, 0) is 43.0 Å². The number of hydrogen-bond donors (Lipinski definition) is 2. The van der Waals surface area contributed by atoms with Gasteiger partial charge < -0.3 is 15.2 Å². The number of fused-ring (bicyclic) bond motifs is 1. The molecule has 0 radical (unpaired) electrons. The van der Waals surface area contributed by atoms with Crippen molar-refractivity contribution in [3.63, 3.8) is 0 Å². The lowest BCUT2D eigenvalue weighted by atomic mass is 10.0. The number of nitrogens with one attached hydrogen (secondary N) is 2. The van der Waals surface area contributed by atoms with Crippen molar-refractivity contribution in [1.29, 1.82) is 0 Å². The number of carbonyl (C=O) groups excluding carboxylic acids is 2. The molecule has 1 atom stereocenters. The summed E-state index contributed by atoms with van der Waals surface area (Å²) in [5.74, 6) is 1.49. The van der Waals surface area contributed by atoms with E-state index in [0.29, 0.717) is 5.69 Å². The van der Waals surface area contributed by atoms with E-state index in [2.05, 4.69) is 25.4 Å². The van der Waals surface area contributed by atoms with Crippen LogP contribution in [-0.4, -0.2) is 32.6 Å². The third-order valence-corrected chi connectivity index (χ3v) is 4.83. The van der Waals surface area contributed by atoms with Crippen molar-refractivity contribution in [2.24, 2.45) is 5.92 Å². The van der Waals surface area contributed by atoms with Gasteiger partial charge in [0.05, 0.1) is 0 Å². The molecule has 1 unspecified atom stereocenters. The number of aromatic nitrogens is 3. The standard InChI is InChI=1S/C20H27N5O2/c1-13(2)18(21-14(3)26)20(27)22-16-10-8-15(9-11-16)19-24-23-17-7-5-4-6-12-25(17)19/h8-11,13,18H,4-7,12H2,1-3H3,(H,21,26)(H,22,27). The molecule has 27 heavy (non-hydrogen) atoms. The van der Waals surface area contributed by atoms with Crippen LogP contribution in [-0.2, 0) is 22.6 Å². The molecular formula is C20H27N5O2. The number of nitrogens with zero attached hydrogens (tertiary/aromatic N) is 3. The number of rotatable bonds is 5. The molecule has 0 saturated carbocycles. The summed E-state index contributed by atoms with van der Waals surface area (Å²) in [7, 11) is 0. The average molecular weight is 369 g/mol. The Bertz CT molecular complexity index is 810. The van der Waals surface area contributed by atoms with Crippen molar-refractivity contribution < 1.29 is 9.59 Å². The normalized spacial score (nSPS) is 15.0. The van der Waals surface area contributed by atoms with Crippen molar-refractivity contribution in [2.45, 2.75) is 59.0 Å². The van der Waals surface area contributed by atoms with Gasteiger partial charge in [-0.25, -0.2) is 0 Å². The van der Waals surface area contributed by atoms with Gasteiger partial charge in [-0.3, -0.25) is 9.59 Å². The van der Waals surface area contributed by atoms with E-state index in [4.69, 9.17) is 0 Å². The highest BCUT2D eigenvalue weighted by atomic mass is 16.2. The summed E-state index contributed by atoms with van der Waals surface area (Å²) in [6, 6.07) is 7.05. The van der Waals surface area contributed by atoms with Gasteiger partial charge in [-0.15, -0.1) is 10.2 Å². The molecule has 1 aromatic heterocycles. The van der Waals surface area contributed by atoms with Gasteiger partial charge in [0.25, 0.3) is 0 Å². The second-order valence-corrected chi connectivity index (χ2v) is 7.39. The molecule has 7 nitrogen and oxygen atoms in total. The molecule has 3 rings (SSSR count). The molecule has 0 saturated heterocycles. The highest BCUT2D eigenvalue weighted by Crippen LogP contribution is 2.24. The van der Waals surface area contributed by atoms with Crippen LogP contribution in [0.4, 0.5) is 5.69 Å². The molecule has 2 N–H and O–H groups in total. The largest absolute Gasteiger partial charge is 0.344 e. The van der Waals surface area contributed by atoms with E-state index in [0.717, 1.165) is 43.0 Å². The summed E-state index contributed by atoms with van der Waals surface area (Å²) in [4.78, 5) is 23.8. The molecular weight excluding hydrogens is 342 g/mol. The molecule has 2 heterocycles. The summed E-state index contributed by atoms with van der Waals surface area (Å²) >= 11 is 0. The molecule has 0 spiro atoms. The molecule has 7 heteroatoms. The predicted molar refractivity (Wildman–Crippen MR) is 104 cm³/mol. The SMILES string of the molecule is CC(=O)NC(C(=O)Nc1ccc(-c2nnc3n2CCCCC3)cc1)C(C)C. The molecule has 144 valence electrons. The molecule has 1 aromatic carbocycles. The highest BCUT2D eigenvalue weighted by molar-refractivity contribution is 5.97. The zero-order valence-electron chi connectivity index (χ0n) is 16.2. The van der Waals surface area contributed by atoms with Crippen LogP contribution in [0.25, 0.3) is 11.4 Å². The molecule has 2 amide bonds. The first-order valence-electron chi connectivity index (χ1n) is 9.56. The highest BCUT2D eigenvalue weighted by Gasteiger charge is 2.23. The van der Waals surface area contributed by atoms with Gasteiger partial charge in [-0.1, -0.05) is 20.3 Å². The number of carbonyl (C=O) groups is 2. The van der Waals surface area contributed by atoms with Gasteiger partial charge in [-0.2, -0.15) is 0 Å². The summed E-state index contributed by atoms with van der Waals surface area (Å²) in [6.07, 6.45) is 4.50.